The summed E-state index contributed by atoms with van der Waals surface area (Å²) in [6.45, 7) is 0. The van der Waals surface area contributed by atoms with Crippen LogP contribution in [-0.2, 0) is 0 Å². The molecule has 0 aliphatic heterocycles. The highest BCUT2D eigenvalue weighted by molar-refractivity contribution is 6.24. The first-order valence-electron chi connectivity index (χ1n) is 4.30. The van der Waals surface area contributed by atoms with E-state index >= 15 is 0 Å². The van der Waals surface area contributed by atoms with Crippen LogP contribution in [0.2, 0.25) is 0 Å². The minimum absolute atomic E-state index is 0.0200. The maximum absolute atomic E-state index is 11.5. The Morgan fingerprint density at radius 1 is 1.31 bits per heavy atom. The van der Waals surface area contributed by atoms with Gasteiger partial charge in [-0.1, -0.05) is 0 Å². The van der Waals surface area contributed by atoms with Crippen molar-refractivity contribution in [3.8, 4) is 0 Å². The third-order valence-corrected chi connectivity index (χ3v) is 2.18. The number of hydrogen-bond acceptors (Lipinski definition) is 5. The van der Waals surface area contributed by atoms with Gasteiger partial charge in [0.25, 0.3) is 0 Å². The van der Waals surface area contributed by atoms with Gasteiger partial charge >= 0.3 is 5.97 Å². The fraction of sp³-hybridized carbons (Fsp3) is 0. The van der Waals surface area contributed by atoms with Crippen molar-refractivity contribution < 1.29 is 19.5 Å². The molecule has 0 bridgehead atoms. The van der Waals surface area contributed by atoms with E-state index in [4.69, 9.17) is 10.8 Å². The Labute approximate surface area is 89.4 Å². The van der Waals surface area contributed by atoms with Crippen LogP contribution in [0, 0.1) is 0 Å². The molecule has 1 aromatic heterocycles. The van der Waals surface area contributed by atoms with Gasteiger partial charge in [0.2, 0.25) is 5.78 Å². The number of allylic oxidation sites excluding steroid dienone is 2. The van der Waals surface area contributed by atoms with Crippen molar-refractivity contribution in [3.63, 3.8) is 0 Å². The van der Waals surface area contributed by atoms with Crippen LogP contribution in [0.15, 0.2) is 24.0 Å². The van der Waals surface area contributed by atoms with Crippen molar-refractivity contribution in [2.24, 2.45) is 5.73 Å². The molecule has 1 aliphatic carbocycles. The normalized spacial score (nSPS) is 14.4. The van der Waals surface area contributed by atoms with Crippen LogP contribution in [0.5, 0.6) is 0 Å². The number of pyridine rings is 1. The van der Waals surface area contributed by atoms with Crippen molar-refractivity contribution in [2.45, 2.75) is 0 Å². The first kappa shape index (κ1) is 10.0. The predicted molar refractivity (Wildman–Crippen MR) is 52.1 cm³/mol. The standard InChI is InChI=1S/C10H6N2O4/c11-6-2-8(13)4-1-7(10(15)16)12-3-5(4)9(6)14/h1-3H,11H2,(H,15,16). The second-order valence-corrected chi connectivity index (χ2v) is 3.21. The Kier molecular flexibility index (Phi) is 2.05. The van der Waals surface area contributed by atoms with Crippen LogP contribution in [-0.4, -0.2) is 27.6 Å². The summed E-state index contributed by atoms with van der Waals surface area (Å²) in [6.07, 6.45) is 2.04. The van der Waals surface area contributed by atoms with Gasteiger partial charge in [-0.2, -0.15) is 0 Å². The summed E-state index contributed by atoms with van der Waals surface area (Å²) in [7, 11) is 0. The molecule has 0 aromatic carbocycles. The summed E-state index contributed by atoms with van der Waals surface area (Å²) in [5, 5.41) is 8.69. The average molecular weight is 218 g/mol. The summed E-state index contributed by atoms with van der Waals surface area (Å²) in [4.78, 5) is 37.2. The van der Waals surface area contributed by atoms with Gasteiger partial charge in [0, 0.05) is 17.8 Å². The number of aromatic nitrogens is 1. The zero-order chi connectivity index (χ0) is 11.9. The molecule has 16 heavy (non-hydrogen) atoms. The highest BCUT2D eigenvalue weighted by Gasteiger charge is 2.25. The van der Waals surface area contributed by atoms with E-state index in [2.05, 4.69) is 4.98 Å². The summed E-state index contributed by atoms with van der Waals surface area (Å²) in [5.41, 5.74) is 4.94. The smallest absolute Gasteiger partial charge is 0.354 e. The lowest BCUT2D eigenvalue weighted by molar-refractivity contribution is 0.0690. The van der Waals surface area contributed by atoms with Gasteiger partial charge in [-0.05, 0) is 6.07 Å². The molecule has 0 atom stereocenters. The topological polar surface area (TPSA) is 110 Å². The first-order valence-corrected chi connectivity index (χ1v) is 4.30. The molecule has 2 rings (SSSR count). The van der Waals surface area contributed by atoms with E-state index in [0.717, 1.165) is 18.3 Å². The quantitative estimate of drug-likeness (QED) is 0.686. The number of Topliss-reactive ketones (excluding diaryl/α,β-unsaturated/α-hetero) is 1. The molecule has 3 N–H and O–H groups in total. The van der Waals surface area contributed by atoms with Gasteiger partial charge in [-0.3, -0.25) is 9.59 Å². The molecular weight excluding hydrogens is 212 g/mol. The highest BCUT2D eigenvalue weighted by Crippen LogP contribution is 2.19. The number of carboxylic acid groups (broad SMARTS) is 1. The van der Waals surface area contributed by atoms with E-state index in [1.807, 2.05) is 0 Å². The molecule has 0 spiro atoms. The number of carboxylic acids is 1. The molecule has 1 heterocycles. The third kappa shape index (κ3) is 1.36. The molecule has 0 unspecified atom stereocenters. The zero-order valence-corrected chi connectivity index (χ0v) is 7.93. The summed E-state index contributed by atoms with van der Waals surface area (Å²) in [5.74, 6) is -2.26. The molecule has 6 nitrogen and oxygen atoms in total. The Balaban J connectivity index is 2.64. The first-order chi connectivity index (χ1) is 7.50. The van der Waals surface area contributed by atoms with Gasteiger partial charge in [-0.15, -0.1) is 0 Å². The van der Waals surface area contributed by atoms with Crippen LogP contribution in [0.3, 0.4) is 0 Å². The van der Waals surface area contributed by atoms with Crippen molar-refractivity contribution >= 4 is 17.5 Å². The molecule has 0 fully saturated rings. The van der Waals surface area contributed by atoms with Gasteiger partial charge in [0.05, 0.1) is 11.3 Å². The van der Waals surface area contributed by atoms with Crippen molar-refractivity contribution in [1.82, 2.24) is 4.98 Å². The Morgan fingerprint density at radius 2 is 2.00 bits per heavy atom. The van der Waals surface area contributed by atoms with Crippen molar-refractivity contribution in [2.75, 3.05) is 0 Å². The molecule has 1 aromatic rings. The second kappa shape index (κ2) is 3.27. The van der Waals surface area contributed by atoms with Crippen LogP contribution in [0.25, 0.3) is 0 Å². The van der Waals surface area contributed by atoms with Crippen LogP contribution >= 0.6 is 0 Å². The molecule has 6 heteroatoms. The number of nitrogens with zero attached hydrogens (tertiary/aromatic N) is 1. The Bertz CT molecular complexity index is 560. The van der Waals surface area contributed by atoms with Crippen molar-refractivity contribution in [1.29, 1.82) is 0 Å². The zero-order valence-electron chi connectivity index (χ0n) is 7.93. The number of carbonyl (C=O) groups excluding carboxylic acids is 2. The number of ketones is 2. The fourth-order valence-electron chi connectivity index (χ4n) is 1.40. The van der Waals surface area contributed by atoms with Gasteiger partial charge in [-0.25, -0.2) is 9.78 Å². The summed E-state index contributed by atoms with van der Waals surface area (Å²) < 4.78 is 0. The molecule has 1 aliphatic rings. The lowest BCUT2D eigenvalue weighted by Gasteiger charge is -2.11. The van der Waals surface area contributed by atoms with Gasteiger partial charge in [0.1, 0.15) is 5.69 Å². The Hall–Kier alpha value is -2.50. The van der Waals surface area contributed by atoms with E-state index in [0.29, 0.717) is 0 Å². The van der Waals surface area contributed by atoms with E-state index in [1.54, 1.807) is 0 Å². The van der Waals surface area contributed by atoms with Crippen LogP contribution in [0.4, 0.5) is 0 Å². The molecule has 80 valence electrons. The maximum Gasteiger partial charge on any atom is 0.354 e. The highest BCUT2D eigenvalue weighted by atomic mass is 16.4. The largest absolute Gasteiger partial charge is 0.477 e. The number of nitrogens with two attached hydrogens (primary N) is 1. The lowest BCUT2D eigenvalue weighted by atomic mass is 9.94. The van der Waals surface area contributed by atoms with Crippen LogP contribution < -0.4 is 5.73 Å². The summed E-state index contributed by atoms with van der Waals surface area (Å²) >= 11 is 0. The SMILES string of the molecule is NC1=CC(=O)c2cc(C(=O)O)ncc2C1=O. The lowest BCUT2D eigenvalue weighted by Crippen LogP contribution is -2.22. The van der Waals surface area contributed by atoms with Gasteiger partial charge in [0.15, 0.2) is 5.78 Å². The molecule has 0 saturated carbocycles. The Morgan fingerprint density at radius 3 is 2.62 bits per heavy atom. The van der Waals surface area contributed by atoms with E-state index in [9.17, 15) is 14.4 Å². The van der Waals surface area contributed by atoms with Crippen LogP contribution in [0.1, 0.15) is 31.2 Å². The minimum Gasteiger partial charge on any atom is -0.477 e. The number of rotatable bonds is 1. The molecule has 0 radical (unpaired) electrons. The number of aromatic carboxylic acids is 1. The average Bonchev–Trinajstić information content (AvgIpc) is 2.25. The molecule has 0 saturated heterocycles. The van der Waals surface area contributed by atoms with E-state index in [-0.39, 0.29) is 22.5 Å². The predicted octanol–water partition coefficient (Wildman–Crippen LogP) is 0.00140. The molecular formula is C10H6N2O4. The monoisotopic (exact) mass is 218 g/mol. The number of hydrogen-bond donors (Lipinski definition) is 2. The molecule has 0 amide bonds. The maximum atomic E-state index is 11.5. The van der Waals surface area contributed by atoms with E-state index in [1.165, 1.54) is 0 Å². The summed E-state index contributed by atoms with van der Waals surface area (Å²) in [6, 6.07) is 1.07. The number of carbonyl (C=O) groups is 3. The van der Waals surface area contributed by atoms with E-state index < -0.39 is 17.5 Å². The third-order valence-electron chi connectivity index (χ3n) is 2.18. The van der Waals surface area contributed by atoms with Crippen molar-refractivity contribution in [3.05, 3.63) is 40.9 Å². The fourth-order valence-corrected chi connectivity index (χ4v) is 1.40. The van der Waals surface area contributed by atoms with Gasteiger partial charge < -0.3 is 10.8 Å². The minimum atomic E-state index is -1.26. The second-order valence-electron chi connectivity index (χ2n) is 3.21. The number of fused-ring (bicyclic) bond motifs is 1.